The van der Waals surface area contributed by atoms with E-state index >= 15 is 0 Å². The van der Waals surface area contributed by atoms with Crippen molar-refractivity contribution in [2.75, 3.05) is 39.6 Å². The van der Waals surface area contributed by atoms with E-state index in [1.54, 1.807) is 31.4 Å². The standard InChI is InChI=1S/C22H28ClNO4S/c1-27-22(18-6-3-7-19(23)13-18)15-24-12-4-5-17(14-24)16-28-20-8-10-21(11-9-20)29(2,25)26/h3,6-11,13,17,22H,4-5,12,14-16H2,1-2H3/t17-,22+/m0/s1. The van der Waals surface area contributed by atoms with Gasteiger partial charge in [0.1, 0.15) is 5.75 Å². The van der Waals surface area contributed by atoms with Gasteiger partial charge in [0.2, 0.25) is 0 Å². The zero-order chi connectivity index (χ0) is 20.9. The molecule has 0 unspecified atom stereocenters. The predicted molar refractivity (Wildman–Crippen MR) is 115 cm³/mol. The number of methoxy groups -OCH3 is 1. The molecule has 0 amide bonds. The molecule has 0 aliphatic carbocycles. The summed E-state index contributed by atoms with van der Waals surface area (Å²) in [4.78, 5) is 2.72. The van der Waals surface area contributed by atoms with E-state index in [0.29, 0.717) is 23.2 Å². The Morgan fingerprint density at radius 3 is 2.62 bits per heavy atom. The van der Waals surface area contributed by atoms with Gasteiger partial charge in [-0.2, -0.15) is 0 Å². The monoisotopic (exact) mass is 437 g/mol. The Labute approximate surface area is 178 Å². The molecular formula is C22H28ClNO4S. The molecule has 1 aliphatic rings. The summed E-state index contributed by atoms with van der Waals surface area (Å²) in [5.74, 6) is 1.12. The molecule has 5 nitrogen and oxygen atoms in total. The smallest absolute Gasteiger partial charge is 0.175 e. The number of ether oxygens (including phenoxy) is 2. The largest absolute Gasteiger partial charge is 0.493 e. The van der Waals surface area contributed by atoms with E-state index in [9.17, 15) is 8.42 Å². The number of likely N-dealkylation sites (tertiary alicyclic amines) is 1. The van der Waals surface area contributed by atoms with Crippen LogP contribution in [-0.2, 0) is 14.6 Å². The molecule has 0 N–H and O–H groups in total. The second-order valence-electron chi connectivity index (χ2n) is 7.60. The SMILES string of the molecule is CO[C@H](CN1CCC[C@H](COc2ccc(S(C)(=O)=O)cc2)C1)c1cccc(Cl)c1. The molecule has 0 aromatic heterocycles. The Balaban J connectivity index is 1.53. The minimum absolute atomic E-state index is 0.0168. The van der Waals surface area contributed by atoms with Crippen molar-refractivity contribution in [1.29, 1.82) is 0 Å². The first-order valence-corrected chi connectivity index (χ1v) is 12.1. The third-order valence-corrected chi connectivity index (χ3v) is 6.63. The van der Waals surface area contributed by atoms with Crippen molar-refractivity contribution in [3.63, 3.8) is 0 Å². The molecule has 1 aliphatic heterocycles. The zero-order valence-electron chi connectivity index (χ0n) is 16.9. The van der Waals surface area contributed by atoms with Crippen molar-refractivity contribution in [3.05, 3.63) is 59.1 Å². The van der Waals surface area contributed by atoms with Gasteiger partial charge in [-0.1, -0.05) is 23.7 Å². The van der Waals surface area contributed by atoms with Gasteiger partial charge in [-0.3, -0.25) is 0 Å². The topological polar surface area (TPSA) is 55.8 Å². The van der Waals surface area contributed by atoms with Crippen LogP contribution in [0.25, 0.3) is 0 Å². The number of halogens is 1. The van der Waals surface area contributed by atoms with Crippen LogP contribution in [-0.4, -0.2) is 52.9 Å². The summed E-state index contributed by atoms with van der Waals surface area (Å²) in [7, 11) is -1.45. The summed E-state index contributed by atoms with van der Waals surface area (Å²) in [6, 6.07) is 14.4. The zero-order valence-corrected chi connectivity index (χ0v) is 18.5. The predicted octanol–water partition coefficient (Wildman–Crippen LogP) is 4.22. The van der Waals surface area contributed by atoms with Crippen LogP contribution < -0.4 is 4.74 Å². The van der Waals surface area contributed by atoms with Crippen LogP contribution in [0.5, 0.6) is 5.75 Å². The molecule has 2 aromatic carbocycles. The Morgan fingerprint density at radius 1 is 1.21 bits per heavy atom. The van der Waals surface area contributed by atoms with Gasteiger partial charge in [0.25, 0.3) is 0 Å². The molecule has 0 bridgehead atoms. The van der Waals surface area contributed by atoms with Crippen LogP contribution in [0, 0.1) is 5.92 Å². The highest BCUT2D eigenvalue weighted by molar-refractivity contribution is 7.90. The Morgan fingerprint density at radius 2 is 1.97 bits per heavy atom. The Hall–Kier alpha value is -1.60. The van der Waals surface area contributed by atoms with Crippen molar-refractivity contribution in [1.82, 2.24) is 4.90 Å². The molecule has 2 aromatic rings. The fourth-order valence-corrected chi connectivity index (χ4v) is 4.54. The van der Waals surface area contributed by atoms with E-state index in [4.69, 9.17) is 21.1 Å². The minimum Gasteiger partial charge on any atom is -0.493 e. The summed E-state index contributed by atoms with van der Waals surface area (Å²) in [6.45, 7) is 3.42. The summed E-state index contributed by atoms with van der Waals surface area (Å²) in [6.07, 6.45) is 3.42. The highest BCUT2D eigenvalue weighted by atomic mass is 35.5. The van der Waals surface area contributed by atoms with Gasteiger partial charge in [-0.05, 0) is 61.3 Å². The first-order chi connectivity index (χ1) is 13.8. The van der Waals surface area contributed by atoms with Crippen LogP contribution >= 0.6 is 11.6 Å². The molecule has 2 atom stereocenters. The minimum atomic E-state index is -3.18. The summed E-state index contributed by atoms with van der Waals surface area (Å²) in [5, 5.41) is 0.719. The molecular weight excluding hydrogens is 410 g/mol. The molecule has 158 valence electrons. The van der Waals surface area contributed by atoms with E-state index in [1.807, 2.05) is 24.3 Å². The van der Waals surface area contributed by atoms with Gasteiger partial charge in [0.05, 0.1) is 17.6 Å². The molecule has 3 rings (SSSR count). The molecule has 1 saturated heterocycles. The Bertz CT molecular complexity index is 901. The van der Waals surface area contributed by atoms with Crippen LogP contribution in [0.15, 0.2) is 53.4 Å². The van der Waals surface area contributed by atoms with E-state index in [-0.39, 0.29) is 6.10 Å². The maximum absolute atomic E-state index is 11.6. The second kappa shape index (κ2) is 9.94. The van der Waals surface area contributed by atoms with Gasteiger partial charge >= 0.3 is 0 Å². The normalized spacial score (nSPS) is 19.1. The third-order valence-electron chi connectivity index (χ3n) is 5.27. The van der Waals surface area contributed by atoms with Crippen molar-refractivity contribution in [2.45, 2.75) is 23.8 Å². The van der Waals surface area contributed by atoms with Gasteiger partial charge in [0, 0.05) is 37.4 Å². The van der Waals surface area contributed by atoms with Crippen LogP contribution in [0.1, 0.15) is 24.5 Å². The molecule has 0 saturated carbocycles. The van der Waals surface area contributed by atoms with Crippen LogP contribution in [0.4, 0.5) is 0 Å². The lowest BCUT2D eigenvalue weighted by Crippen LogP contribution is -2.40. The number of hydrogen-bond acceptors (Lipinski definition) is 5. The molecule has 29 heavy (non-hydrogen) atoms. The summed E-state index contributed by atoms with van der Waals surface area (Å²) in [5.41, 5.74) is 1.09. The van der Waals surface area contributed by atoms with Gasteiger partial charge in [-0.15, -0.1) is 0 Å². The third kappa shape index (κ3) is 6.44. The quantitative estimate of drug-likeness (QED) is 0.618. The highest BCUT2D eigenvalue weighted by Gasteiger charge is 2.24. The van der Waals surface area contributed by atoms with Gasteiger partial charge in [-0.25, -0.2) is 8.42 Å². The first-order valence-electron chi connectivity index (χ1n) is 9.78. The lowest BCUT2D eigenvalue weighted by Gasteiger charge is -2.34. The maximum atomic E-state index is 11.6. The maximum Gasteiger partial charge on any atom is 0.175 e. The Kier molecular flexibility index (Phi) is 7.57. The molecule has 0 spiro atoms. The number of sulfone groups is 1. The average molecular weight is 438 g/mol. The van der Waals surface area contributed by atoms with Crippen molar-refractivity contribution < 1.29 is 17.9 Å². The van der Waals surface area contributed by atoms with E-state index < -0.39 is 9.84 Å². The number of rotatable bonds is 8. The molecule has 0 radical (unpaired) electrons. The van der Waals surface area contributed by atoms with Crippen LogP contribution in [0.3, 0.4) is 0 Å². The highest BCUT2D eigenvalue weighted by Crippen LogP contribution is 2.25. The van der Waals surface area contributed by atoms with Crippen molar-refractivity contribution in [3.8, 4) is 5.75 Å². The molecule has 7 heteroatoms. The molecule has 1 fully saturated rings. The van der Waals surface area contributed by atoms with E-state index in [2.05, 4.69) is 4.90 Å². The van der Waals surface area contributed by atoms with Crippen LogP contribution in [0.2, 0.25) is 5.02 Å². The lowest BCUT2D eigenvalue weighted by molar-refractivity contribution is 0.0410. The lowest BCUT2D eigenvalue weighted by atomic mass is 9.98. The van der Waals surface area contributed by atoms with Crippen molar-refractivity contribution >= 4 is 21.4 Å². The summed E-state index contributed by atoms with van der Waals surface area (Å²) >= 11 is 6.13. The average Bonchev–Trinajstić information content (AvgIpc) is 2.70. The number of benzene rings is 2. The number of nitrogens with zero attached hydrogens (tertiary/aromatic N) is 1. The fraction of sp³-hybridized carbons (Fsp3) is 0.455. The number of hydrogen-bond donors (Lipinski definition) is 0. The molecule has 1 heterocycles. The first kappa shape index (κ1) is 22.1. The second-order valence-corrected chi connectivity index (χ2v) is 10.1. The van der Waals surface area contributed by atoms with Gasteiger partial charge < -0.3 is 14.4 Å². The fourth-order valence-electron chi connectivity index (χ4n) is 3.71. The van der Waals surface area contributed by atoms with Crippen molar-refractivity contribution in [2.24, 2.45) is 5.92 Å². The summed E-state index contributed by atoms with van der Waals surface area (Å²) < 4.78 is 34.8. The van der Waals surface area contributed by atoms with Gasteiger partial charge in [0.15, 0.2) is 9.84 Å². The van der Waals surface area contributed by atoms with E-state index in [1.165, 1.54) is 6.26 Å². The number of piperidine rings is 1. The van der Waals surface area contributed by atoms with E-state index in [0.717, 1.165) is 43.1 Å².